The normalized spacial score (nSPS) is 19.6. The van der Waals surface area contributed by atoms with Crippen LogP contribution in [0.25, 0.3) is 0 Å². The van der Waals surface area contributed by atoms with Gasteiger partial charge in [0.05, 0.1) is 18.7 Å². The number of methoxy groups -OCH3 is 1. The first kappa shape index (κ1) is 11.5. The van der Waals surface area contributed by atoms with Gasteiger partial charge in [-0.25, -0.2) is 0 Å². The van der Waals surface area contributed by atoms with E-state index in [9.17, 15) is 0 Å². The smallest absolute Gasteiger partial charge is 0.0659 e. The number of nitrogens with two attached hydrogens (primary N) is 1. The highest BCUT2D eigenvalue weighted by Gasteiger charge is 2.43. The van der Waals surface area contributed by atoms with Gasteiger partial charge >= 0.3 is 0 Å². The molecule has 3 heteroatoms. The summed E-state index contributed by atoms with van der Waals surface area (Å²) in [4.78, 5) is 0. The lowest BCUT2D eigenvalue weighted by molar-refractivity contribution is 0.102. The number of ether oxygens (including phenoxy) is 1. The van der Waals surface area contributed by atoms with E-state index in [1.807, 2.05) is 6.92 Å². The fourth-order valence-corrected chi connectivity index (χ4v) is 1.81. The van der Waals surface area contributed by atoms with Gasteiger partial charge in [-0.1, -0.05) is 5.92 Å². The van der Waals surface area contributed by atoms with Crippen LogP contribution in [-0.4, -0.2) is 32.3 Å². The maximum Gasteiger partial charge on any atom is 0.0659 e. The van der Waals surface area contributed by atoms with E-state index in [0.29, 0.717) is 25.6 Å². The van der Waals surface area contributed by atoms with Gasteiger partial charge < -0.3 is 10.5 Å². The highest BCUT2D eigenvalue weighted by atomic mass is 16.5. The Balaban J connectivity index is 2.51. The minimum absolute atomic E-state index is 0.0431. The molecule has 1 saturated carbocycles. The lowest BCUT2D eigenvalue weighted by atomic mass is 9.94. The number of hydrogen-bond donors (Lipinski definition) is 2. The van der Waals surface area contributed by atoms with Gasteiger partial charge in [-0.3, -0.25) is 5.32 Å². The molecule has 1 fully saturated rings. The van der Waals surface area contributed by atoms with Crippen LogP contribution in [0.3, 0.4) is 0 Å². The molecule has 0 spiro atoms. The van der Waals surface area contributed by atoms with Crippen molar-refractivity contribution >= 4 is 0 Å². The standard InChI is InChI=1S/C11H20N2O/c1-3-4-7-13-11(8-12,9-14-2)10-5-6-10/h10,13H,5-9,12H2,1-2H3. The Kier molecular flexibility index (Phi) is 4.40. The molecule has 0 aliphatic heterocycles. The van der Waals surface area contributed by atoms with Crippen molar-refractivity contribution in [2.24, 2.45) is 11.7 Å². The van der Waals surface area contributed by atoms with E-state index in [4.69, 9.17) is 10.5 Å². The topological polar surface area (TPSA) is 47.3 Å². The molecule has 3 nitrogen and oxygen atoms in total. The second-order valence-corrected chi connectivity index (χ2v) is 3.85. The SMILES string of the molecule is CC#CCNC(CN)(COC)C1CC1. The van der Waals surface area contributed by atoms with Crippen molar-refractivity contribution in [1.29, 1.82) is 0 Å². The van der Waals surface area contributed by atoms with E-state index in [1.54, 1.807) is 7.11 Å². The van der Waals surface area contributed by atoms with Crippen LogP contribution in [0.15, 0.2) is 0 Å². The molecule has 0 aromatic carbocycles. The summed E-state index contributed by atoms with van der Waals surface area (Å²) in [6, 6.07) is 0. The molecular weight excluding hydrogens is 176 g/mol. The molecule has 1 rings (SSSR count). The highest BCUT2D eigenvalue weighted by Crippen LogP contribution is 2.39. The third-order valence-corrected chi connectivity index (χ3v) is 2.83. The van der Waals surface area contributed by atoms with Gasteiger partial charge in [-0.15, -0.1) is 5.92 Å². The van der Waals surface area contributed by atoms with Gasteiger partial charge in [0.25, 0.3) is 0 Å². The Morgan fingerprint density at radius 1 is 1.57 bits per heavy atom. The first-order valence-electron chi connectivity index (χ1n) is 5.12. The van der Waals surface area contributed by atoms with Crippen molar-refractivity contribution in [3.63, 3.8) is 0 Å². The maximum atomic E-state index is 5.83. The van der Waals surface area contributed by atoms with Crippen LogP contribution in [0.1, 0.15) is 19.8 Å². The first-order valence-corrected chi connectivity index (χ1v) is 5.12. The molecule has 1 aliphatic rings. The van der Waals surface area contributed by atoms with Crippen molar-refractivity contribution < 1.29 is 4.74 Å². The van der Waals surface area contributed by atoms with E-state index in [1.165, 1.54) is 12.8 Å². The molecule has 3 N–H and O–H groups in total. The minimum atomic E-state index is -0.0431. The molecule has 0 amide bonds. The molecule has 1 aliphatic carbocycles. The number of hydrogen-bond acceptors (Lipinski definition) is 3. The molecule has 14 heavy (non-hydrogen) atoms. The van der Waals surface area contributed by atoms with Gasteiger partial charge in [0.2, 0.25) is 0 Å². The Labute approximate surface area is 86.4 Å². The Hall–Kier alpha value is -0.560. The van der Waals surface area contributed by atoms with Gasteiger partial charge in [0.15, 0.2) is 0 Å². The summed E-state index contributed by atoms with van der Waals surface area (Å²) in [5.74, 6) is 6.55. The minimum Gasteiger partial charge on any atom is -0.383 e. The van der Waals surface area contributed by atoms with Crippen LogP contribution in [-0.2, 0) is 4.74 Å². The molecule has 0 saturated heterocycles. The Morgan fingerprint density at radius 2 is 2.29 bits per heavy atom. The van der Waals surface area contributed by atoms with Crippen molar-refractivity contribution in [3.05, 3.63) is 0 Å². The average molecular weight is 196 g/mol. The van der Waals surface area contributed by atoms with Crippen LogP contribution < -0.4 is 11.1 Å². The van der Waals surface area contributed by atoms with Crippen LogP contribution in [0.5, 0.6) is 0 Å². The third-order valence-electron chi connectivity index (χ3n) is 2.83. The van der Waals surface area contributed by atoms with E-state index in [0.717, 1.165) is 0 Å². The monoisotopic (exact) mass is 196 g/mol. The van der Waals surface area contributed by atoms with Crippen molar-refractivity contribution in [1.82, 2.24) is 5.32 Å². The van der Waals surface area contributed by atoms with Gasteiger partial charge in [0, 0.05) is 13.7 Å². The van der Waals surface area contributed by atoms with Gasteiger partial charge in [0.1, 0.15) is 0 Å². The lowest BCUT2D eigenvalue weighted by Gasteiger charge is -2.32. The zero-order chi connectivity index (χ0) is 10.4. The van der Waals surface area contributed by atoms with Gasteiger partial charge in [-0.2, -0.15) is 0 Å². The lowest BCUT2D eigenvalue weighted by Crippen LogP contribution is -2.56. The maximum absolute atomic E-state index is 5.83. The van der Waals surface area contributed by atoms with Crippen LogP contribution >= 0.6 is 0 Å². The quantitative estimate of drug-likeness (QED) is 0.603. The van der Waals surface area contributed by atoms with Crippen LogP contribution in [0.2, 0.25) is 0 Å². The predicted molar refractivity (Wildman–Crippen MR) is 57.8 cm³/mol. The Bertz CT molecular complexity index is 227. The average Bonchev–Trinajstić information content (AvgIpc) is 3.00. The molecule has 0 aromatic heterocycles. The van der Waals surface area contributed by atoms with E-state index in [2.05, 4.69) is 17.2 Å². The molecule has 0 aromatic rings. The van der Waals surface area contributed by atoms with Crippen molar-refractivity contribution in [3.8, 4) is 11.8 Å². The summed E-state index contributed by atoms with van der Waals surface area (Å²) in [6.45, 7) is 3.85. The fourth-order valence-electron chi connectivity index (χ4n) is 1.81. The zero-order valence-electron chi connectivity index (χ0n) is 9.10. The number of rotatable bonds is 6. The fraction of sp³-hybridized carbons (Fsp3) is 0.818. The Morgan fingerprint density at radius 3 is 2.71 bits per heavy atom. The molecular formula is C11H20N2O. The summed E-state index contributed by atoms with van der Waals surface area (Å²) < 4.78 is 5.24. The predicted octanol–water partition coefficient (Wildman–Crippen LogP) is 0.353. The summed E-state index contributed by atoms with van der Waals surface area (Å²) in [7, 11) is 1.72. The molecule has 80 valence electrons. The summed E-state index contributed by atoms with van der Waals surface area (Å²) in [5.41, 5.74) is 5.78. The molecule has 1 unspecified atom stereocenters. The second kappa shape index (κ2) is 5.35. The zero-order valence-corrected chi connectivity index (χ0v) is 9.10. The molecule has 0 radical (unpaired) electrons. The molecule has 0 bridgehead atoms. The summed E-state index contributed by atoms with van der Waals surface area (Å²) in [6.07, 6.45) is 2.51. The van der Waals surface area contributed by atoms with Crippen molar-refractivity contribution in [2.45, 2.75) is 25.3 Å². The van der Waals surface area contributed by atoms with Gasteiger partial charge in [-0.05, 0) is 25.7 Å². The third kappa shape index (κ3) is 2.71. The van der Waals surface area contributed by atoms with Crippen molar-refractivity contribution in [2.75, 3.05) is 26.8 Å². The molecule has 1 atom stereocenters. The summed E-state index contributed by atoms with van der Waals surface area (Å²) in [5, 5.41) is 3.42. The molecule has 0 heterocycles. The number of nitrogens with one attached hydrogen (secondary N) is 1. The van der Waals surface area contributed by atoms with E-state index in [-0.39, 0.29) is 5.54 Å². The van der Waals surface area contributed by atoms with Crippen LogP contribution in [0, 0.1) is 17.8 Å². The van der Waals surface area contributed by atoms with E-state index < -0.39 is 0 Å². The first-order chi connectivity index (χ1) is 6.79. The summed E-state index contributed by atoms with van der Waals surface area (Å²) >= 11 is 0. The highest BCUT2D eigenvalue weighted by molar-refractivity contribution is 5.06. The second-order valence-electron chi connectivity index (χ2n) is 3.85. The van der Waals surface area contributed by atoms with E-state index >= 15 is 0 Å². The van der Waals surface area contributed by atoms with Crippen LogP contribution in [0.4, 0.5) is 0 Å². The largest absolute Gasteiger partial charge is 0.383 e.